The Morgan fingerprint density at radius 2 is 1.22 bits per heavy atom. The fraction of sp³-hybridized carbons (Fsp3) is 0.138. The zero-order valence-electron chi connectivity index (χ0n) is 36.8. The summed E-state index contributed by atoms with van der Waals surface area (Å²) in [5, 5.41) is 12.9. The van der Waals surface area contributed by atoms with Gasteiger partial charge >= 0.3 is 0 Å². The quantitative estimate of drug-likeness (QED) is 0.179. The summed E-state index contributed by atoms with van der Waals surface area (Å²) in [7, 11) is 0.800. The number of benzene rings is 8. The number of nitrogens with zero attached hydrogens (tertiary/aromatic N) is 1. The molecule has 0 spiro atoms. The van der Waals surface area contributed by atoms with E-state index in [2.05, 4.69) is 203 Å². The number of thiophene rings is 2. The Balaban J connectivity index is 1.08. The monoisotopic (exact) mass is 860 g/mol. The number of anilines is 2. The summed E-state index contributed by atoms with van der Waals surface area (Å²) in [6.45, 7) is 13.7. The van der Waals surface area contributed by atoms with Crippen LogP contribution in [0.3, 0.4) is 0 Å². The van der Waals surface area contributed by atoms with E-state index in [0.717, 1.165) is 40.9 Å². The van der Waals surface area contributed by atoms with E-state index in [1.54, 1.807) is 0 Å². The summed E-state index contributed by atoms with van der Waals surface area (Å²) in [6, 6.07) is 56.9. The average Bonchev–Trinajstić information content (AvgIpc) is 4.05. The van der Waals surface area contributed by atoms with Crippen molar-refractivity contribution in [1.29, 1.82) is 0 Å². The molecule has 6 heteroatoms. The van der Waals surface area contributed by atoms with Crippen molar-refractivity contribution in [2.45, 2.75) is 52.4 Å². The van der Waals surface area contributed by atoms with Crippen molar-refractivity contribution in [1.82, 2.24) is 4.57 Å². The Hall–Kier alpha value is -6.60. The third-order valence-electron chi connectivity index (χ3n) is 13.7. The lowest BCUT2D eigenvalue weighted by Gasteiger charge is -2.24. The summed E-state index contributed by atoms with van der Waals surface area (Å²) >= 11 is 3.78. The molecule has 8 aromatic carbocycles. The molecule has 12 aromatic rings. The number of hydrogen-bond donors (Lipinski definition) is 1. The summed E-state index contributed by atoms with van der Waals surface area (Å²) < 4.78 is 14.5. The molecule has 0 aliphatic carbocycles. The number of furan rings is 1. The predicted octanol–water partition coefficient (Wildman–Crippen LogP) is 15.6. The molecule has 308 valence electrons. The van der Waals surface area contributed by atoms with E-state index in [-0.39, 0.29) is 10.8 Å². The van der Waals surface area contributed by atoms with Gasteiger partial charge in [-0.1, -0.05) is 138 Å². The first-order valence-electron chi connectivity index (χ1n) is 22.4. The van der Waals surface area contributed by atoms with Gasteiger partial charge in [0, 0.05) is 96.3 Å². The molecular formula is C58H45BN2OS2. The molecule has 1 aliphatic heterocycles. The van der Waals surface area contributed by atoms with Gasteiger partial charge in [-0.25, -0.2) is 0 Å². The van der Waals surface area contributed by atoms with Crippen molar-refractivity contribution in [2.75, 3.05) is 5.32 Å². The first-order valence-corrected chi connectivity index (χ1v) is 24.0. The highest BCUT2D eigenvalue weighted by Crippen LogP contribution is 2.46. The van der Waals surface area contributed by atoms with Crippen molar-refractivity contribution >= 4 is 125 Å². The van der Waals surface area contributed by atoms with Crippen LogP contribution in [0.1, 0.15) is 52.7 Å². The maximum atomic E-state index is 6.67. The molecular weight excluding hydrogens is 816 g/mol. The molecule has 0 atom stereocenters. The average molecular weight is 861 g/mol. The van der Waals surface area contributed by atoms with Crippen molar-refractivity contribution in [2.24, 2.45) is 0 Å². The lowest BCUT2D eigenvalue weighted by atomic mass is 9.59. The van der Waals surface area contributed by atoms with Crippen LogP contribution < -0.4 is 16.2 Å². The summed E-state index contributed by atoms with van der Waals surface area (Å²) in [5.74, 6) is 0.891. The lowest BCUT2D eigenvalue weighted by molar-refractivity contribution is 0.590. The van der Waals surface area contributed by atoms with Crippen LogP contribution in [0, 0.1) is 0 Å². The van der Waals surface area contributed by atoms with Crippen LogP contribution in [0.2, 0.25) is 0 Å². The normalized spacial score (nSPS) is 13.0. The van der Waals surface area contributed by atoms with Crippen molar-refractivity contribution in [3.05, 3.63) is 163 Å². The Kier molecular flexibility index (Phi) is 7.98. The van der Waals surface area contributed by atoms with E-state index >= 15 is 0 Å². The second kappa shape index (κ2) is 13.5. The van der Waals surface area contributed by atoms with Crippen LogP contribution in [-0.4, -0.2) is 11.8 Å². The molecule has 0 saturated carbocycles. The van der Waals surface area contributed by atoms with Crippen LogP contribution in [0.4, 0.5) is 11.4 Å². The molecule has 0 fully saturated rings. The fourth-order valence-corrected chi connectivity index (χ4v) is 12.6. The van der Waals surface area contributed by atoms with Crippen LogP contribution in [0.25, 0.3) is 101 Å². The number of aromatic nitrogens is 1. The third-order valence-corrected chi connectivity index (χ3v) is 16.0. The summed E-state index contributed by atoms with van der Waals surface area (Å²) in [5.41, 5.74) is 15.8. The van der Waals surface area contributed by atoms with Crippen LogP contribution >= 0.6 is 22.7 Å². The van der Waals surface area contributed by atoms with Crippen molar-refractivity contribution in [3.8, 4) is 28.1 Å². The topological polar surface area (TPSA) is 30.1 Å². The van der Waals surface area contributed by atoms with Gasteiger partial charge in [0.25, 0.3) is 0 Å². The highest BCUT2D eigenvalue weighted by Gasteiger charge is 2.29. The second-order valence-corrected chi connectivity index (χ2v) is 22.0. The Labute approximate surface area is 380 Å². The highest BCUT2D eigenvalue weighted by atomic mass is 32.1. The number of fused-ring (bicyclic) bond motifs is 12. The van der Waals surface area contributed by atoms with E-state index in [4.69, 9.17) is 4.42 Å². The van der Waals surface area contributed by atoms with E-state index < -0.39 is 0 Å². The van der Waals surface area contributed by atoms with Crippen molar-refractivity contribution < 1.29 is 4.42 Å². The fourth-order valence-electron chi connectivity index (χ4n) is 10.3. The van der Waals surface area contributed by atoms with Crippen LogP contribution in [0.5, 0.6) is 0 Å². The maximum absolute atomic E-state index is 6.67. The van der Waals surface area contributed by atoms with Gasteiger partial charge in [0.15, 0.2) is 7.28 Å². The zero-order valence-corrected chi connectivity index (χ0v) is 38.4. The van der Waals surface area contributed by atoms with Gasteiger partial charge in [0.05, 0.1) is 5.52 Å². The Morgan fingerprint density at radius 1 is 0.531 bits per heavy atom. The van der Waals surface area contributed by atoms with Gasteiger partial charge in [-0.3, -0.25) is 0 Å². The van der Waals surface area contributed by atoms with Crippen LogP contribution in [-0.2, 0) is 10.8 Å². The van der Waals surface area contributed by atoms with Gasteiger partial charge in [-0.15, -0.1) is 22.7 Å². The molecule has 13 rings (SSSR count). The number of rotatable bonds is 4. The minimum absolute atomic E-state index is 0.0711. The first-order chi connectivity index (χ1) is 30.9. The van der Waals surface area contributed by atoms with Gasteiger partial charge in [-0.2, -0.15) is 0 Å². The molecule has 0 amide bonds. The van der Waals surface area contributed by atoms with E-state index in [0.29, 0.717) is 0 Å². The van der Waals surface area contributed by atoms with Gasteiger partial charge in [-0.05, 0) is 87.6 Å². The molecule has 4 aromatic heterocycles. The van der Waals surface area contributed by atoms with Gasteiger partial charge < -0.3 is 14.3 Å². The smallest absolute Gasteiger partial charge is 0.198 e. The molecule has 5 heterocycles. The Morgan fingerprint density at radius 3 is 2.03 bits per heavy atom. The van der Waals surface area contributed by atoms with E-state index in [1.807, 2.05) is 22.7 Å². The summed E-state index contributed by atoms with van der Waals surface area (Å²) in [4.78, 5) is 0. The van der Waals surface area contributed by atoms with Crippen molar-refractivity contribution in [3.63, 3.8) is 0 Å². The Bertz CT molecular complexity index is 3910. The van der Waals surface area contributed by atoms with E-state index in [1.165, 1.54) is 101 Å². The first kappa shape index (κ1) is 37.9. The third kappa shape index (κ3) is 5.78. The number of hydrogen-bond acceptors (Lipinski definition) is 4. The molecule has 64 heavy (non-hydrogen) atoms. The lowest BCUT2D eigenvalue weighted by Crippen LogP contribution is -2.37. The minimum Gasteiger partial charge on any atom is -0.456 e. The molecule has 0 bridgehead atoms. The van der Waals surface area contributed by atoms with Crippen LogP contribution in [0.15, 0.2) is 156 Å². The standard InChI is InChI=1S/C58H45BN2OS2/c1-57(2,3)34-16-19-36(20-17-34)60-46-29-53-43(38-21-18-35(58(4,5)6)26-52(38)64-53)27-41(46)39-22-23-40-42-28-44-37-14-10-11-15-51(37)63-54(44)31-47(42)61-48-30-50-33(24-45(48)59-55(39)56(40)61)25-49(62-50)32-12-8-7-9-13-32/h7-31,59-60H,1-6H3. The largest absolute Gasteiger partial charge is 0.456 e. The molecule has 0 radical (unpaired) electrons. The van der Waals surface area contributed by atoms with E-state index in [9.17, 15) is 0 Å². The zero-order chi connectivity index (χ0) is 43.2. The molecule has 3 nitrogen and oxygen atoms in total. The van der Waals surface area contributed by atoms with Gasteiger partial charge in [0.1, 0.15) is 11.3 Å². The minimum atomic E-state index is 0.0711. The SMILES string of the molecule is CC(C)(C)c1ccc(Nc2cc3sc4cc(C(C)(C)C)ccc4c3cc2-c2ccc3c4cc5c(cc4n4c3c2Bc2cc3cc(-c6ccccc6)oc3cc2-4)sc2ccccc25)cc1. The molecule has 0 unspecified atom stereocenters. The number of nitrogens with one attached hydrogen (secondary N) is 1. The molecule has 1 N–H and O–H groups in total. The van der Waals surface area contributed by atoms with Gasteiger partial charge in [0.2, 0.25) is 0 Å². The second-order valence-electron chi connectivity index (χ2n) is 19.9. The maximum Gasteiger partial charge on any atom is 0.198 e. The molecule has 1 aliphatic rings. The predicted molar refractivity (Wildman–Crippen MR) is 281 cm³/mol. The highest BCUT2D eigenvalue weighted by molar-refractivity contribution is 7.26. The summed E-state index contributed by atoms with van der Waals surface area (Å²) in [6.07, 6.45) is 0. The molecule has 0 saturated heterocycles.